The predicted octanol–water partition coefficient (Wildman–Crippen LogP) is 5.61. The summed E-state index contributed by atoms with van der Waals surface area (Å²) in [5.41, 5.74) is 1.71. The Morgan fingerprint density at radius 1 is 1.21 bits per heavy atom. The Balaban J connectivity index is 2.01. The summed E-state index contributed by atoms with van der Waals surface area (Å²) in [6, 6.07) is 6.32. The van der Waals surface area contributed by atoms with Crippen LogP contribution in [0, 0.1) is 5.41 Å². The van der Waals surface area contributed by atoms with Gasteiger partial charge in [-0.1, -0.05) is 56.0 Å². The molecule has 1 atom stereocenters. The van der Waals surface area contributed by atoms with Crippen LogP contribution in [-0.2, 0) is 0 Å². The van der Waals surface area contributed by atoms with Gasteiger partial charge >= 0.3 is 0 Å². The van der Waals surface area contributed by atoms with E-state index < -0.39 is 0 Å². The van der Waals surface area contributed by atoms with Crippen LogP contribution in [0.25, 0.3) is 0 Å². The summed E-state index contributed by atoms with van der Waals surface area (Å²) < 4.78 is 0. The Kier molecular flexibility index (Phi) is 5.16. The third-order valence-electron chi connectivity index (χ3n) is 4.34. The van der Waals surface area contributed by atoms with Gasteiger partial charge in [-0.2, -0.15) is 0 Å². The highest BCUT2D eigenvalue weighted by Crippen LogP contribution is 2.37. The third-order valence-corrected chi connectivity index (χ3v) is 5.08. The standard InChI is InChI=1S/C16H23Cl2N/c1-3-15(12-6-7-13(17)14(18)10-12)19-11-16(2)8-4-5-9-16/h6-7,10,15,19H,3-5,8-9,11H2,1-2H3. The predicted molar refractivity (Wildman–Crippen MR) is 84.1 cm³/mol. The Morgan fingerprint density at radius 3 is 2.47 bits per heavy atom. The molecule has 0 aliphatic heterocycles. The fraction of sp³-hybridized carbons (Fsp3) is 0.625. The van der Waals surface area contributed by atoms with Crippen LogP contribution in [0.4, 0.5) is 0 Å². The lowest BCUT2D eigenvalue weighted by atomic mass is 9.88. The molecular formula is C16H23Cl2N. The van der Waals surface area contributed by atoms with Crippen LogP contribution in [0.3, 0.4) is 0 Å². The lowest BCUT2D eigenvalue weighted by Crippen LogP contribution is -2.32. The molecule has 1 aromatic carbocycles. The van der Waals surface area contributed by atoms with Gasteiger partial charge in [0.1, 0.15) is 0 Å². The molecule has 1 aliphatic carbocycles. The van der Waals surface area contributed by atoms with Gasteiger partial charge in [0.15, 0.2) is 0 Å². The van der Waals surface area contributed by atoms with Gasteiger partial charge in [-0.15, -0.1) is 0 Å². The quantitative estimate of drug-likeness (QED) is 0.744. The first-order valence-corrected chi connectivity index (χ1v) is 7.98. The number of halogens is 2. The molecule has 1 N–H and O–H groups in total. The highest BCUT2D eigenvalue weighted by Gasteiger charge is 2.29. The summed E-state index contributed by atoms with van der Waals surface area (Å²) >= 11 is 12.1. The topological polar surface area (TPSA) is 12.0 Å². The number of benzene rings is 1. The van der Waals surface area contributed by atoms with E-state index in [1.54, 1.807) is 0 Å². The van der Waals surface area contributed by atoms with Gasteiger partial charge in [0, 0.05) is 12.6 Å². The van der Waals surface area contributed by atoms with Crippen LogP contribution < -0.4 is 5.32 Å². The van der Waals surface area contributed by atoms with Crippen LogP contribution in [-0.4, -0.2) is 6.54 Å². The molecule has 1 saturated carbocycles. The van der Waals surface area contributed by atoms with Gasteiger partial charge in [0.25, 0.3) is 0 Å². The SMILES string of the molecule is CCC(NCC1(C)CCCC1)c1ccc(Cl)c(Cl)c1. The first-order valence-electron chi connectivity index (χ1n) is 7.22. The van der Waals surface area contributed by atoms with Crippen molar-refractivity contribution in [3.63, 3.8) is 0 Å². The Hall–Kier alpha value is -0.240. The van der Waals surface area contributed by atoms with Crippen molar-refractivity contribution in [1.29, 1.82) is 0 Å². The zero-order valence-electron chi connectivity index (χ0n) is 11.8. The highest BCUT2D eigenvalue weighted by molar-refractivity contribution is 6.42. The van der Waals surface area contributed by atoms with Crippen molar-refractivity contribution in [2.24, 2.45) is 5.41 Å². The average Bonchev–Trinajstić information content (AvgIpc) is 2.81. The van der Waals surface area contributed by atoms with E-state index in [4.69, 9.17) is 23.2 Å². The van der Waals surface area contributed by atoms with E-state index in [0.29, 0.717) is 21.5 Å². The van der Waals surface area contributed by atoms with E-state index in [2.05, 4.69) is 25.2 Å². The van der Waals surface area contributed by atoms with Gasteiger partial charge < -0.3 is 5.32 Å². The summed E-state index contributed by atoms with van der Waals surface area (Å²) in [4.78, 5) is 0. The molecule has 0 saturated heterocycles. The van der Waals surface area contributed by atoms with E-state index in [-0.39, 0.29) is 0 Å². The summed E-state index contributed by atoms with van der Waals surface area (Å²) in [6.45, 7) is 5.69. The van der Waals surface area contributed by atoms with Gasteiger partial charge in [-0.3, -0.25) is 0 Å². The van der Waals surface area contributed by atoms with E-state index in [9.17, 15) is 0 Å². The Morgan fingerprint density at radius 2 is 1.89 bits per heavy atom. The van der Waals surface area contributed by atoms with Crippen LogP contribution in [0.2, 0.25) is 10.0 Å². The molecule has 106 valence electrons. The molecule has 0 amide bonds. The third kappa shape index (κ3) is 3.87. The van der Waals surface area contributed by atoms with Crippen molar-refractivity contribution >= 4 is 23.2 Å². The van der Waals surface area contributed by atoms with Gasteiger partial charge in [-0.25, -0.2) is 0 Å². The van der Waals surface area contributed by atoms with E-state index in [1.165, 1.54) is 31.2 Å². The number of nitrogens with one attached hydrogen (secondary N) is 1. The molecule has 1 aliphatic rings. The Labute approximate surface area is 126 Å². The molecule has 0 radical (unpaired) electrons. The Bertz CT molecular complexity index is 425. The molecule has 19 heavy (non-hydrogen) atoms. The first-order chi connectivity index (χ1) is 9.04. The zero-order valence-corrected chi connectivity index (χ0v) is 13.3. The normalized spacial score (nSPS) is 19.6. The number of hydrogen-bond donors (Lipinski definition) is 1. The molecule has 0 bridgehead atoms. The fourth-order valence-corrected chi connectivity index (χ4v) is 3.31. The molecule has 1 unspecified atom stereocenters. The molecule has 3 heteroatoms. The van der Waals surface area contributed by atoms with Crippen LogP contribution >= 0.6 is 23.2 Å². The minimum Gasteiger partial charge on any atom is -0.309 e. The summed E-state index contributed by atoms with van der Waals surface area (Å²) in [5, 5.41) is 4.99. The second-order valence-corrected chi connectivity index (χ2v) is 6.85. The maximum absolute atomic E-state index is 6.11. The fourth-order valence-electron chi connectivity index (χ4n) is 3.00. The van der Waals surface area contributed by atoms with Gasteiger partial charge in [-0.05, 0) is 42.4 Å². The minimum absolute atomic E-state index is 0.368. The smallest absolute Gasteiger partial charge is 0.0595 e. The van der Waals surface area contributed by atoms with Crippen molar-refractivity contribution in [2.75, 3.05) is 6.54 Å². The molecule has 0 aromatic heterocycles. The minimum atomic E-state index is 0.368. The maximum atomic E-state index is 6.11. The van der Waals surface area contributed by atoms with E-state index in [0.717, 1.165) is 13.0 Å². The number of rotatable bonds is 5. The van der Waals surface area contributed by atoms with Gasteiger partial charge in [0.05, 0.1) is 10.0 Å². The zero-order chi connectivity index (χ0) is 13.9. The molecule has 1 nitrogen and oxygen atoms in total. The molecular weight excluding hydrogens is 277 g/mol. The van der Waals surface area contributed by atoms with Crippen molar-refractivity contribution < 1.29 is 0 Å². The van der Waals surface area contributed by atoms with Crippen LogP contribution in [0.1, 0.15) is 57.6 Å². The summed E-state index contributed by atoms with van der Waals surface area (Å²) in [7, 11) is 0. The van der Waals surface area contributed by atoms with Gasteiger partial charge in [0.2, 0.25) is 0 Å². The van der Waals surface area contributed by atoms with Crippen LogP contribution in [0.15, 0.2) is 18.2 Å². The lowest BCUT2D eigenvalue weighted by molar-refractivity contribution is 0.295. The van der Waals surface area contributed by atoms with E-state index >= 15 is 0 Å². The largest absolute Gasteiger partial charge is 0.309 e. The molecule has 0 heterocycles. The van der Waals surface area contributed by atoms with Crippen molar-refractivity contribution in [1.82, 2.24) is 5.32 Å². The molecule has 0 spiro atoms. The van der Waals surface area contributed by atoms with E-state index in [1.807, 2.05) is 12.1 Å². The highest BCUT2D eigenvalue weighted by atomic mass is 35.5. The van der Waals surface area contributed by atoms with Crippen molar-refractivity contribution in [3.05, 3.63) is 33.8 Å². The number of hydrogen-bond acceptors (Lipinski definition) is 1. The maximum Gasteiger partial charge on any atom is 0.0595 e. The summed E-state index contributed by atoms with van der Waals surface area (Å²) in [5.74, 6) is 0. The monoisotopic (exact) mass is 299 g/mol. The van der Waals surface area contributed by atoms with Crippen molar-refractivity contribution in [3.8, 4) is 0 Å². The second-order valence-electron chi connectivity index (χ2n) is 6.03. The lowest BCUT2D eigenvalue weighted by Gasteiger charge is -2.28. The average molecular weight is 300 g/mol. The second kappa shape index (κ2) is 6.47. The summed E-state index contributed by atoms with van der Waals surface area (Å²) in [6.07, 6.45) is 6.51. The van der Waals surface area contributed by atoms with Crippen molar-refractivity contribution in [2.45, 2.75) is 52.0 Å². The first kappa shape index (κ1) is 15.2. The molecule has 2 rings (SSSR count). The molecule has 1 aromatic rings. The van der Waals surface area contributed by atoms with Crippen LogP contribution in [0.5, 0.6) is 0 Å². The molecule has 1 fully saturated rings.